The zero-order chi connectivity index (χ0) is 15.0. The second-order valence-electron chi connectivity index (χ2n) is 5.88. The highest BCUT2D eigenvalue weighted by Gasteiger charge is 2.54. The van der Waals surface area contributed by atoms with E-state index in [0.29, 0.717) is 26.1 Å². The second kappa shape index (κ2) is 5.35. The highest BCUT2D eigenvalue weighted by atomic mass is 19.2. The highest BCUT2D eigenvalue weighted by Crippen LogP contribution is 2.42. The molecule has 2 atom stereocenters. The first-order valence-electron chi connectivity index (χ1n) is 6.99. The maximum atomic E-state index is 13.7. The van der Waals surface area contributed by atoms with Crippen LogP contribution in [-0.2, 0) is 16.1 Å². The van der Waals surface area contributed by atoms with Crippen molar-refractivity contribution in [3.8, 4) is 0 Å². The molecule has 2 aliphatic heterocycles. The zero-order valence-electron chi connectivity index (χ0n) is 11.5. The number of fused-ring (bicyclic) bond motifs is 1. The van der Waals surface area contributed by atoms with Gasteiger partial charge in [0.05, 0.1) is 6.61 Å². The Morgan fingerprint density at radius 3 is 3.00 bits per heavy atom. The van der Waals surface area contributed by atoms with Gasteiger partial charge in [0.1, 0.15) is 5.41 Å². The van der Waals surface area contributed by atoms with Gasteiger partial charge in [-0.1, -0.05) is 12.1 Å². The lowest BCUT2D eigenvalue weighted by atomic mass is 9.76. The number of benzene rings is 1. The van der Waals surface area contributed by atoms with Crippen LogP contribution in [0.4, 0.5) is 8.78 Å². The zero-order valence-corrected chi connectivity index (χ0v) is 11.5. The number of carboxylic acids is 1. The molecule has 3 rings (SSSR count). The summed E-state index contributed by atoms with van der Waals surface area (Å²) in [6.07, 6.45) is 0.689. The quantitative estimate of drug-likeness (QED) is 0.925. The average Bonchev–Trinajstić information content (AvgIpc) is 2.83. The maximum absolute atomic E-state index is 13.7. The molecule has 0 spiro atoms. The van der Waals surface area contributed by atoms with Gasteiger partial charge in [0.25, 0.3) is 0 Å². The van der Waals surface area contributed by atoms with E-state index in [2.05, 4.69) is 0 Å². The molecule has 0 saturated carbocycles. The molecular formula is C15H17F2NO3. The number of halogens is 2. The highest BCUT2D eigenvalue weighted by molar-refractivity contribution is 5.76. The Morgan fingerprint density at radius 1 is 1.48 bits per heavy atom. The van der Waals surface area contributed by atoms with E-state index in [4.69, 9.17) is 4.74 Å². The summed E-state index contributed by atoms with van der Waals surface area (Å²) in [7, 11) is 0. The SMILES string of the molecule is O=C(O)[C@]12COCC[C@H]1CN(Cc1cccc(F)c1F)C2. The van der Waals surface area contributed by atoms with Crippen molar-refractivity contribution in [3.63, 3.8) is 0 Å². The topological polar surface area (TPSA) is 49.8 Å². The molecule has 0 amide bonds. The number of hydrogen-bond acceptors (Lipinski definition) is 3. The molecule has 6 heteroatoms. The van der Waals surface area contributed by atoms with E-state index in [1.165, 1.54) is 12.1 Å². The number of carboxylic acid groups (broad SMARTS) is 1. The lowest BCUT2D eigenvalue weighted by molar-refractivity contribution is -0.159. The number of rotatable bonds is 3. The van der Waals surface area contributed by atoms with Crippen LogP contribution in [0.5, 0.6) is 0 Å². The Balaban J connectivity index is 1.79. The van der Waals surface area contributed by atoms with E-state index in [1.807, 2.05) is 4.90 Å². The standard InChI is InChI=1S/C15H17F2NO3/c16-12-3-1-2-10(13(12)17)6-18-7-11-4-5-21-9-15(11,8-18)14(19)20/h1-3,11H,4-9H2,(H,19,20)/t11-,15+/m0/s1. The van der Waals surface area contributed by atoms with Gasteiger partial charge in [-0.15, -0.1) is 0 Å². The molecule has 21 heavy (non-hydrogen) atoms. The molecule has 4 nitrogen and oxygen atoms in total. The molecule has 114 valence electrons. The summed E-state index contributed by atoms with van der Waals surface area (Å²) < 4.78 is 32.3. The van der Waals surface area contributed by atoms with Crippen LogP contribution in [0.2, 0.25) is 0 Å². The minimum Gasteiger partial charge on any atom is -0.481 e. The number of ether oxygens (including phenoxy) is 1. The summed E-state index contributed by atoms with van der Waals surface area (Å²) in [5.41, 5.74) is -0.655. The van der Waals surface area contributed by atoms with Gasteiger partial charge in [-0.2, -0.15) is 0 Å². The minimum absolute atomic E-state index is 0.000343. The summed E-state index contributed by atoms with van der Waals surface area (Å²) in [6, 6.07) is 4.08. The van der Waals surface area contributed by atoms with Gasteiger partial charge in [0.15, 0.2) is 11.6 Å². The predicted molar refractivity (Wildman–Crippen MR) is 70.6 cm³/mol. The normalized spacial score (nSPS) is 29.3. The van der Waals surface area contributed by atoms with Crippen LogP contribution >= 0.6 is 0 Å². The molecule has 2 saturated heterocycles. The van der Waals surface area contributed by atoms with Crippen LogP contribution in [0.1, 0.15) is 12.0 Å². The molecule has 0 aliphatic carbocycles. The lowest BCUT2D eigenvalue weighted by Crippen LogP contribution is -2.46. The fourth-order valence-electron chi connectivity index (χ4n) is 3.43. The van der Waals surface area contributed by atoms with Crippen molar-refractivity contribution >= 4 is 5.97 Å². The first-order valence-corrected chi connectivity index (χ1v) is 6.99. The van der Waals surface area contributed by atoms with Crippen LogP contribution in [0.3, 0.4) is 0 Å². The molecule has 0 radical (unpaired) electrons. The third-order valence-corrected chi connectivity index (χ3v) is 4.59. The summed E-state index contributed by atoms with van der Waals surface area (Å²) >= 11 is 0. The van der Waals surface area contributed by atoms with Crippen LogP contribution in [-0.4, -0.2) is 42.3 Å². The van der Waals surface area contributed by atoms with Gasteiger partial charge < -0.3 is 9.84 Å². The molecule has 0 aromatic heterocycles. The van der Waals surface area contributed by atoms with Gasteiger partial charge in [-0.3, -0.25) is 9.69 Å². The van der Waals surface area contributed by atoms with E-state index in [-0.39, 0.29) is 24.6 Å². The van der Waals surface area contributed by atoms with Crippen molar-refractivity contribution in [1.29, 1.82) is 0 Å². The fraction of sp³-hybridized carbons (Fsp3) is 0.533. The molecule has 2 aliphatic rings. The van der Waals surface area contributed by atoms with Crippen LogP contribution in [0.25, 0.3) is 0 Å². The van der Waals surface area contributed by atoms with E-state index in [0.717, 1.165) is 6.07 Å². The van der Waals surface area contributed by atoms with Crippen LogP contribution < -0.4 is 0 Å². The molecule has 2 fully saturated rings. The monoisotopic (exact) mass is 297 g/mol. The Morgan fingerprint density at radius 2 is 2.29 bits per heavy atom. The predicted octanol–water partition coefficient (Wildman–Crippen LogP) is 1.89. The van der Waals surface area contributed by atoms with Gasteiger partial charge >= 0.3 is 5.97 Å². The van der Waals surface area contributed by atoms with E-state index in [9.17, 15) is 18.7 Å². The Hall–Kier alpha value is -1.53. The van der Waals surface area contributed by atoms with Crippen molar-refractivity contribution in [1.82, 2.24) is 4.90 Å². The molecule has 1 aromatic rings. The summed E-state index contributed by atoms with van der Waals surface area (Å²) in [6.45, 7) is 1.85. The van der Waals surface area contributed by atoms with Crippen LogP contribution in [0.15, 0.2) is 18.2 Å². The maximum Gasteiger partial charge on any atom is 0.313 e. The van der Waals surface area contributed by atoms with Crippen molar-refractivity contribution in [2.24, 2.45) is 11.3 Å². The number of hydrogen-bond donors (Lipinski definition) is 1. The first-order chi connectivity index (χ1) is 10.0. The van der Waals surface area contributed by atoms with Gasteiger partial charge in [0, 0.05) is 31.8 Å². The number of nitrogens with zero attached hydrogens (tertiary/aromatic N) is 1. The molecule has 0 bridgehead atoms. The smallest absolute Gasteiger partial charge is 0.313 e. The Labute approximate surface area is 121 Å². The summed E-state index contributed by atoms with van der Waals surface area (Å²) in [5.74, 6) is -2.59. The minimum atomic E-state index is -0.915. The second-order valence-corrected chi connectivity index (χ2v) is 5.88. The Kier molecular flexibility index (Phi) is 3.67. The number of aliphatic carboxylic acids is 1. The molecule has 2 heterocycles. The molecule has 1 aromatic carbocycles. The molecule has 0 unspecified atom stereocenters. The van der Waals surface area contributed by atoms with Crippen molar-refractivity contribution in [3.05, 3.63) is 35.4 Å². The third kappa shape index (κ3) is 2.42. The fourth-order valence-corrected chi connectivity index (χ4v) is 3.43. The largest absolute Gasteiger partial charge is 0.481 e. The summed E-state index contributed by atoms with van der Waals surface area (Å²) in [5, 5.41) is 9.54. The first kappa shape index (κ1) is 14.4. The Bertz CT molecular complexity index is 566. The van der Waals surface area contributed by atoms with Gasteiger partial charge in [0.2, 0.25) is 0 Å². The van der Waals surface area contributed by atoms with E-state index < -0.39 is 23.0 Å². The van der Waals surface area contributed by atoms with E-state index in [1.54, 1.807) is 0 Å². The number of likely N-dealkylation sites (tertiary alicyclic amines) is 1. The molecule has 1 N–H and O–H groups in total. The van der Waals surface area contributed by atoms with E-state index >= 15 is 0 Å². The van der Waals surface area contributed by atoms with Crippen molar-refractivity contribution in [2.75, 3.05) is 26.3 Å². The third-order valence-electron chi connectivity index (χ3n) is 4.59. The van der Waals surface area contributed by atoms with Gasteiger partial charge in [-0.05, 0) is 18.4 Å². The molecular weight excluding hydrogens is 280 g/mol. The average molecular weight is 297 g/mol. The van der Waals surface area contributed by atoms with Crippen molar-refractivity contribution < 1.29 is 23.4 Å². The van der Waals surface area contributed by atoms with Crippen molar-refractivity contribution in [2.45, 2.75) is 13.0 Å². The summed E-state index contributed by atoms with van der Waals surface area (Å²) in [4.78, 5) is 13.5. The lowest BCUT2D eigenvalue weighted by Gasteiger charge is -2.34. The van der Waals surface area contributed by atoms with Crippen LogP contribution in [0, 0.1) is 23.0 Å². The number of carbonyl (C=O) groups is 1. The van der Waals surface area contributed by atoms with Gasteiger partial charge in [-0.25, -0.2) is 8.78 Å².